The quantitative estimate of drug-likeness (QED) is 0.632. The molecule has 1 aromatic rings. The molecule has 0 bridgehead atoms. The predicted molar refractivity (Wildman–Crippen MR) is 109 cm³/mol. The van der Waals surface area contributed by atoms with Crippen LogP contribution in [0.3, 0.4) is 0 Å². The SMILES string of the molecule is Cc1cccc(C[C@H](NC(=O)[C@H](CC(C)C)NC(=O)OC(C)(C)C)C(N)=O)c1. The second kappa shape index (κ2) is 10.1. The summed E-state index contributed by atoms with van der Waals surface area (Å²) in [5.74, 6) is -0.944. The van der Waals surface area contributed by atoms with Gasteiger partial charge in [0.15, 0.2) is 0 Å². The first-order valence-electron chi connectivity index (χ1n) is 9.52. The van der Waals surface area contributed by atoms with Crippen molar-refractivity contribution in [1.29, 1.82) is 0 Å². The number of hydrogen-bond donors (Lipinski definition) is 3. The van der Waals surface area contributed by atoms with Crippen LogP contribution in [-0.4, -0.2) is 35.6 Å². The molecular weight excluding hydrogens is 358 g/mol. The van der Waals surface area contributed by atoms with Crippen LogP contribution in [0.25, 0.3) is 0 Å². The number of carbonyl (C=O) groups excluding carboxylic acids is 3. The molecule has 156 valence electrons. The lowest BCUT2D eigenvalue weighted by Gasteiger charge is -2.25. The van der Waals surface area contributed by atoms with E-state index in [4.69, 9.17) is 10.5 Å². The Bertz CT molecular complexity index is 695. The summed E-state index contributed by atoms with van der Waals surface area (Å²) in [7, 11) is 0. The summed E-state index contributed by atoms with van der Waals surface area (Å²) in [5.41, 5.74) is 6.76. The first-order chi connectivity index (χ1) is 12.9. The average molecular weight is 392 g/mol. The molecule has 0 aliphatic carbocycles. The van der Waals surface area contributed by atoms with E-state index in [1.165, 1.54) is 0 Å². The molecule has 7 nitrogen and oxygen atoms in total. The van der Waals surface area contributed by atoms with Crippen molar-refractivity contribution in [1.82, 2.24) is 10.6 Å². The highest BCUT2D eigenvalue weighted by Crippen LogP contribution is 2.11. The third kappa shape index (κ3) is 8.88. The van der Waals surface area contributed by atoms with Crippen molar-refractivity contribution in [2.75, 3.05) is 0 Å². The molecule has 2 atom stereocenters. The molecule has 1 rings (SSSR count). The standard InChI is InChI=1S/C21H33N3O4/c1-13(2)10-17(24-20(27)28-21(4,5)6)19(26)23-16(18(22)25)12-15-9-7-8-14(3)11-15/h7-9,11,13,16-17H,10,12H2,1-6H3,(H2,22,25)(H,23,26)(H,24,27)/t16-,17-/m0/s1. The van der Waals surface area contributed by atoms with Crippen molar-refractivity contribution in [3.05, 3.63) is 35.4 Å². The largest absolute Gasteiger partial charge is 0.444 e. The van der Waals surface area contributed by atoms with E-state index >= 15 is 0 Å². The molecule has 0 saturated heterocycles. The number of alkyl carbamates (subject to hydrolysis) is 1. The Labute approximate surface area is 167 Å². The lowest BCUT2D eigenvalue weighted by atomic mass is 10.0. The number of aryl methyl sites for hydroxylation is 1. The third-order valence-corrected chi connectivity index (χ3v) is 3.90. The lowest BCUT2D eigenvalue weighted by Crippen LogP contribution is -2.54. The summed E-state index contributed by atoms with van der Waals surface area (Å²) >= 11 is 0. The van der Waals surface area contributed by atoms with Crippen LogP contribution in [0.5, 0.6) is 0 Å². The van der Waals surface area contributed by atoms with Crippen molar-refractivity contribution in [3.63, 3.8) is 0 Å². The monoisotopic (exact) mass is 391 g/mol. The molecular formula is C21H33N3O4. The highest BCUT2D eigenvalue weighted by atomic mass is 16.6. The van der Waals surface area contributed by atoms with Gasteiger partial charge in [-0.1, -0.05) is 43.7 Å². The molecule has 28 heavy (non-hydrogen) atoms. The zero-order chi connectivity index (χ0) is 21.5. The summed E-state index contributed by atoms with van der Waals surface area (Å²) in [5, 5.41) is 5.27. The van der Waals surface area contributed by atoms with Crippen LogP contribution in [0.15, 0.2) is 24.3 Å². The minimum absolute atomic E-state index is 0.148. The van der Waals surface area contributed by atoms with Gasteiger partial charge in [-0.3, -0.25) is 9.59 Å². The summed E-state index contributed by atoms with van der Waals surface area (Å²) in [4.78, 5) is 36.7. The van der Waals surface area contributed by atoms with Crippen molar-refractivity contribution < 1.29 is 19.1 Å². The zero-order valence-corrected chi connectivity index (χ0v) is 17.7. The van der Waals surface area contributed by atoms with Gasteiger partial charge in [0, 0.05) is 6.42 Å². The number of nitrogens with one attached hydrogen (secondary N) is 2. The number of carbonyl (C=O) groups is 3. The fourth-order valence-electron chi connectivity index (χ4n) is 2.72. The Hall–Kier alpha value is -2.57. The number of amides is 3. The first-order valence-corrected chi connectivity index (χ1v) is 9.52. The Balaban J connectivity index is 2.87. The zero-order valence-electron chi connectivity index (χ0n) is 17.7. The number of ether oxygens (including phenoxy) is 1. The Morgan fingerprint density at radius 3 is 2.25 bits per heavy atom. The van der Waals surface area contributed by atoms with Gasteiger partial charge in [0.25, 0.3) is 0 Å². The number of primary amides is 1. The maximum absolute atomic E-state index is 12.8. The van der Waals surface area contributed by atoms with Gasteiger partial charge in [0.2, 0.25) is 11.8 Å². The van der Waals surface area contributed by atoms with Crippen molar-refractivity contribution in [3.8, 4) is 0 Å². The number of benzene rings is 1. The predicted octanol–water partition coefficient (Wildman–Crippen LogP) is 2.45. The van der Waals surface area contributed by atoms with E-state index in [1.54, 1.807) is 20.8 Å². The van der Waals surface area contributed by atoms with Gasteiger partial charge in [0.1, 0.15) is 17.7 Å². The Kier molecular flexibility index (Phi) is 8.47. The highest BCUT2D eigenvalue weighted by Gasteiger charge is 2.28. The van der Waals surface area contributed by atoms with Crippen LogP contribution in [-0.2, 0) is 20.7 Å². The molecule has 0 aliphatic rings. The molecule has 0 spiro atoms. The van der Waals surface area contributed by atoms with Crippen LogP contribution >= 0.6 is 0 Å². The second-order valence-corrected chi connectivity index (χ2v) is 8.49. The summed E-state index contributed by atoms with van der Waals surface area (Å²) in [6.45, 7) is 11.1. The van der Waals surface area contributed by atoms with Crippen molar-refractivity contribution in [2.24, 2.45) is 11.7 Å². The molecule has 0 heterocycles. The smallest absolute Gasteiger partial charge is 0.408 e. The lowest BCUT2D eigenvalue weighted by molar-refractivity contribution is -0.128. The molecule has 0 saturated carbocycles. The van der Waals surface area contributed by atoms with Crippen molar-refractivity contribution in [2.45, 2.75) is 72.1 Å². The molecule has 0 aliphatic heterocycles. The van der Waals surface area contributed by atoms with Crippen LogP contribution in [0, 0.1) is 12.8 Å². The highest BCUT2D eigenvalue weighted by molar-refractivity contribution is 5.90. The number of rotatable bonds is 8. The van der Waals surface area contributed by atoms with Crippen LogP contribution < -0.4 is 16.4 Å². The molecule has 3 amide bonds. The minimum atomic E-state index is -0.871. The molecule has 4 N–H and O–H groups in total. The average Bonchev–Trinajstić information content (AvgIpc) is 2.51. The fourth-order valence-corrected chi connectivity index (χ4v) is 2.72. The van der Waals surface area contributed by atoms with E-state index in [2.05, 4.69) is 10.6 Å². The molecule has 1 aromatic carbocycles. The summed E-state index contributed by atoms with van der Waals surface area (Å²) < 4.78 is 5.24. The molecule has 0 unspecified atom stereocenters. The maximum Gasteiger partial charge on any atom is 0.408 e. The van der Waals surface area contributed by atoms with Gasteiger partial charge in [-0.15, -0.1) is 0 Å². The Morgan fingerprint density at radius 1 is 1.11 bits per heavy atom. The van der Waals surface area contributed by atoms with E-state index in [0.29, 0.717) is 6.42 Å². The number of nitrogens with two attached hydrogens (primary N) is 1. The molecule has 0 aromatic heterocycles. The fraction of sp³-hybridized carbons (Fsp3) is 0.571. The Morgan fingerprint density at radius 2 is 1.75 bits per heavy atom. The third-order valence-electron chi connectivity index (χ3n) is 3.90. The molecule has 0 fully saturated rings. The van der Waals surface area contributed by atoms with Crippen LogP contribution in [0.2, 0.25) is 0 Å². The first kappa shape index (κ1) is 23.5. The normalized spacial score (nSPS) is 13.5. The van der Waals surface area contributed by atoms with Gasteiger partial charge in [-0.2, -0.15) is 0 Å². The second-order valence-electron chi connectivity index (χ2n) is 8.49. The topological polar surface area (TPSA) is 111 Å². The minimum Gasteiger partial charge on any atom is -0.444 e. The van der Waals surface area contributed by atoms with Crippen LogP contribution in [0.1, 0.15) is 52.2 Å². The van der Waals surface area contributed by atoms with Gasteiger partial charge in [-0.05, 0) is 45.6 Å². The van der Waals surface area contributed by atoms with Crippen molar-refractivity contribution >= 4 is 17.9 Å². The molecule has 7 heteroatoms. The summed E-state index contributed by atoms with van der Waals surface area (Å²) in [6, 6.07) is 5.95. The van der Waals surface area contributed by atoms with Crippen LogP contribution in [0.4, 0.5) is 4.79 Å². The van der Waals surface area contributed by atoms with E-state index in [0.717, 1.165) is 11.1 Å². The van der Waals surface area contributed by atoms with Gasteiger partial charge < -0.3 is 21.1 Å². The van der Waals surface area contributed by atoms with E-state index < -0.39 is 35.6 Å². The van der Waals surface area contributed by atoms with E-state index in [9.17, 15) is 14.4 Å². The number of hydrogen-bond acceptors (Lipinski definition) is 4. The van der Waals surface area contributed by atoms with Gasteiger partial charge in [-0.25, -0.2) is 4.79 Å². The van der Waals surface area contributed by atoms with E-state index in [-0.39, 0.29) is 12.3 Å². The summed E-state index contributed by atoms with van der Waals surface area (Å²) in [6.07, 6.45) is 0.00697. The van der Waals surface area contributed by atoms with Gasteiger partial charge in [0.05, 0.1) is 0 Å². The maximum atomic E-state index is 12.8. The van der Waals surface area contributed by atoms with Gasteiger partial charge >= 0.3 is 6.09 Å². The van der Waals surface area contributed by atoms with E-state index in [1.807, 2.05) is 45.0 Å². The molecule has 0 radical (unpaired) electrons.